The molecule has 0 aromatic heterocycles. The third-order valence-electron chi connectivity index (χ3n) is 12.8. The SMILES string of the molecule is CCCCCCOc1ccc(OC(=O)c2ccc(C(=O)Oc3cc(OC(=O)c4ccc(C(=O)Oc5ccc(OCCCCCCCCCCC[Si](C)(C)C[Si](C)(C)C[Si](C)(C)C)cc5)cc4)ccc3C#N)cc2)cc1. The molecule has 0 saturated heterocycles. The van der Waals surface area contributed by atoms with Crippen LogP contribution in [-0.2, 0) is 0 Å². The maximum Gasteiger partial charge on any atom is 0.343 e. The number of benzene rings is 5. The lowest BCUT2D eigenvalue weighted by molar-refractivity contribution is 0.0713. The van der Waals surface area contributed by atoms with E-state index in [4.69, 9.17) is 28.4 Å². The molecule has 75 heavy (non-hydrogen) atoms. The van der Waals surface area contributed by atoms with Crippen molar-refractivity contribution in [3.8, 4) is 40.6 Å². The van der Waals surface area contributed by atoms with Crippen molar-refractivity contribution in [2.75, 3.05) is 13.2 Å². The van der Waals surface area contributed by atoms with Gasteiger partial charge in [0.2, 0.25) is 0 Å². The first-order chi connectivity index (χ1) is 35.8. The zero-order chi connectivity index (χ0) is 54.3. The van der Waals surface area contributed by atoms with Crippen LogP contribution in [0.25, 0.3) is 0 Å². The number of carbonyl (C=O) groups is 4. The van der Waals surface area contributed by atoms with Crippen LogP contribution in [0.3, 0.4) is 0 Å². The normalized spacial score (nSPS) is 11.6. The van der Waals surface area contributed by atoms with Gasteiger partial charge in [0.15, 0.2) is 5.75 Å². The highest BCUT2D eigenvalue weighted by Gasteiger charge is 2.35. The van der Waals surface area contributed by atoms with Gasteiger partial charge in [0.05, 0.1) is 41.0 Å². The minimum absolute atomic E-state index is 0.0120. The van der Waals surface area contributed by atoms with Crippen LogP contribution in [0.4, 0.5) is 0 Å². The van der Waals surface area contributed by atoms with Gasteiger partial charge >= 0.3 is 23.9 Å². The van der Waals surface area contributed by atoms with Gasteiger partial charge in [-0.2, -0.15) is 5.26 Å². The quantitative estimate of drug-likeness (QED) is 0.0181. The molecule has 0 aliphatic heterocycles. The van der Waals surface area contributed by atoms with Crippen molar-refractivity contribution in [2.24, 2.45) is 0 Å². The first kappa shape index (κ1) is 59.6. The number of nitriles is 1. The fourth-order valence-electron chi connectivity index (χ4n) is 9.83. The van der Waals surface area contributed by atoms with Gasteiger partial charge in [0, 0.05) is 30.3 Å². The standard InChI is InChI=1S/C61H79NO10Si3/c1-9-10-11-19-40-67-52-32-36-54(37-33-52)70-59(64)48-26-28-50(29-27-48)61(66)72-57-43-56(31-30-51(57)44-62)71-60(65)49-24-22-47(23-25-49)58(63)69-55-38-34-53(35-39-55)68-41-20-17-15-13-12-14-16-18-21-42-74(5,6)46-75(7,8)45-73(2,3)4/h22-39,43H,9-21,40-42,45-46H2,1-8H3. The van der Waals surface area contributed by atoms with E-state index in [1.165, 1.54) is 124 Å². The molecule has 0 heterocycles. The number of hydrogen-bond acceptors (Lipinski definition) is 11. The number of carbonyl (C=O) groups excluding carboxylic acids is 4. The third-order valence-corrected chi connectivity index (χ3v) is 30.2. The van der Waals surface area contributed by atoms with E-state index in [2.05, 4.69) is 52.8 Å². The molecule has 0 amide bonds. The van der Waals surface area contributed by atoms with Crippen molar-refractivity contribution < 1.29 is 47.6 Å². The van der Waals surface area contributed by atoms with E-state index in [0.717, 1.165) is 32.1 Å². The average Bonchev–Trinajstić information content (AvgIpc) is 3.36. The Balaban J connectivity index is 0.974. The lowest BCUT2D eigenvalue weighted by Crippen LogP contribution is -2.44. The number of rotatable bonds is 31. The first-order valence-electron chi connectivity index (χ1n) is 26.9. The van der Waals surface area contributed by atoms with Crippen LogP contribution in [-0.4, -0.2) is 61.3 Å². The van der Waals surface area contributed by atoms with Crippen LogP contribution in [0.5, 0.6) is 34.5 Å². The molecule has 5 aromatic carbocycles. The van der Waals surface area contributed by atoms with Crippen molar-refractivity contribution in [3.63, 3.8) is 0 Å². The summed E-state index contributed by atoms with van der Waals surface area (Å²) in [5.74, 6) is -0.804. The predicted molar refractivity (Wildman–Crippen MR) is 306 cm³/mol. The molecule has 5 rings (SSSR count). The van der Waals surface area contributed by atoms with Crippen LogP contribution in [0.1, 0.15) is 137 Å². The largest absolute Gasteiger partial charge is 0.494 e. The molecule has 0 fully saturated rings. The summed E-state index contributed by atoms with van der Waals surface area (Å²) < 4.78 is 33.8. The fraction of sp³-hybridized carbons (Fsp3) is 0.426. The summed E-state index contributed by atoms with van der Waals surface area (Å²) in [6, 6.07) is 32.6. The predicted octanol–water partition coefficient (Wildman–Crippen LogP) is 16.1. The molecule has 0 radical (unpaired) electrons. The van der Waals surface area contributed by atoms with E-state index >= 15 is 0 Å². The van der Waals surface area contributed by atoms with Gasteiger partial charge in [-0.1, -0.05) is 141 Å². The first-order valence-corrected chi connectivity index (χ1v) is 37.4. The Morgan fingerprint density at radius 3 is 1.19 bits per heavy atom. The van der Waals surface area contributed by atoms with Gasteiger partial charge in [0.25, 0.3) is 0 Å². The maximum atomic E-state index is 13.1. The van der Waals surface area contributed by atoms with Crippen molar-refractivity contribution in [3.05, 3.63) is 143 Å². The number of unbranched alkanes of at least 4 members (excludes halogenated alkanes) is 11. The number of hydrogen-bond donors (Lipinski definition) is 0. The van der Waals surface area contributed by atoms with Crippen LogP contribution in [0.2, 0.25) is 63.2 Å². The Morgan fingerprint density at radius 2 is 0.773 bits per heavy atom. The van der Waals surface area contributed by atoms with Crippen LogP contribution >= 0.6 is 0 Å². The summed E-state index contributed by atoms with van der Waals surface area (Å²) in [4.78, 5) is 52.0. The molecule has 400 valence electrons. The minimum atomic E-state index is -1.09. The molecule has 11 nitrogen and oxygen atoms in total. The molecule has 0 aliphatic carbocycles. The molecule has 14 heteroatoms. The topological polar surface area (TPSA) is 147 Å². The highest BCUT2D eigenvalue weighted by molar-refractivity contribution is 7.02. The Hall–Kier alpha value is -6.28. The van der Waals surface area contributed by atoms with Crippen LogP contribution in [0.15, 0.2) is 115 Å². The van der Waals surface area contributed by atoms with E-state index in [1.807, 2.05) is 6.07 Å². The van der Waals surface area contributed by atoms with Crippen molar-refractivity contribution in [1.29, 1.82) is 5.26 Å². The summed E-state index contributed by atoms with van der Waals surface area (Å²) >= 11 is 0. The Labute approximate surface area is 449 Å². The smallest absolute Gasteiger partial charge is 0.343 e. The van der Waals surface area contributed by atoms with Crippen LogP contribution in [0, 0.1) is 11.3 Å². The second-order valence-corrected chi connectivity index (χ2v) is 39.5. The third kappa shape index (κ3) is 21.8. The lowest BCUT2D eigenvalue weighted by Gasteiger charge is -2.36. The average molecular weight is 1070 g/mol. The maximum absolute atomic E-state index is 13.1. The van der Waals surface area contributed by atoms with Gasteiger partial charge in [-0.25, -0.2) is 19.2 Å². The van der Waals surface area contributed by atoms with Crippen molar-refractivity contribution in [2.45, 2.75) is 154 Å². The molecule has 0 unspecified atom stereocenters. The van der Waals surface area contributed by atoms with Crippen molar-refractivity contribution in [1.82, 2.24) is 0 Å². The van der Waals surface area contributed by atoms with E-state index in [-0.39, 0.29) is 39.3 Å². The monoisotopic (exact) mass is 1070 g/mol. The Kier molecular flexibility index (Phi) is 23.6. The molecule has 0 spiro atoms. The summed E-state index contributed by atoms with van der Waals surface area (Å²) in [7, 11) is -3.15. The summed E-state index contributed by atoms with van der Waals surface area (Å²) in [6.45, 7) is 21.6. The number of esters is 4. The molecule has 0 atom stereocenters. The molecule has 0 saturated carbocycles. The van der Waals surface area contributed by atoms with E-state index in [1.54, 1.807) is 59.9 Å². The van der Waals surface area contributed by atoms with Crippen molar-refractivity contribution >= 4 is 48.1 Å². The van der Waals surface area contributed by atoms with Gasteiger partial charge < -0.3 is 28.4 Å². The summed E-state index contributed by atoms with van der Waals surface area (Å²) in [5, 5.41) is 9.71. The second-order valence-electron chi connectivity index (χ2n) is 22.4. The molecular formula is C61H79NO10Si3. The zero-order valence-electron chi connectivity index (χ0n) is 45.7. The van der Waals surface area contributed by atoms with Gasteiger partial charge in [0.1, 0.15) is 34.8 Å². The number of ether oxygens (including phenoxy) is 6. The van der Waals surface area contributed by atoms with E-state index in [9.17, 15) is 24.4 Å². The summed E-state index contributed by atoms with van der Waals surface area (Å²) in [6.07, 6.45) is 15.9. The van der Waals surface area contributed by atoms with Crippen LogP contribution < -0.4 is 28.4 Å². The minimum Gasteiger partial charge on any atom is -0.494 e. The molecular weight excluding hydrogens is 991 g/mol. The molecule has 5 aromatic rings. The second kappa shape index (κ2) is 29.7. The van der Waals surface area contributed by atoms with E-state index < -0.39 is 48.1 Å². The van der Waals surface area contributed by atoms with E-state index in [0.29, 0.717) is 36.2 Å². The Bertz CT molecular complexity index is 2640. The summed E-state index contributed by atoms with van der Waals surface area (Å²) in [5.41, 5.74) is 3.86. The zero-order valence-corrected chi connectivity index (χ0v) is 48.7. The number of nitrogens with zero attached hydrogens (tertiary/aromatic N) is 1. The molecule has 0 bridgehead atoms. The highest BCUT2D eigenvalue weighted by Crippen LogP contribution is 2.32. The fourth-order valence-corrected chi connectivity index (χ4v) is 35.2. The van der Waals surface area contributed by atoms with Gasteiger partial charge in [-0.15, -0.1) is 0 Å². The van der Waals surface area contributed by atoms with Gasteiger partial charge in [-0.05, 0) is 122 Å². The van der Waals surface area contributed by atoms with Gasteiger partial charge in [-0.3, -0.25) is 0 Å². The molecule has 0 aliphatic rings. The highest BCUT2D eigenvalue weighted by atomic mass is 28.4. The Morgan fingerprint density at radius 1 is 0.413 bits per heavy atom. The lowest BCUT2D eigenvalue weighted by atomic mass is 10.1. The molecule has 0 N–H and O–H groups in total.